The number of aryl methyl sites for hydroxylation is 1. The molecule has 2 nitrogen and oxygen atoms in total. The molecule has 0 saturated carbocycles. The van der Waals surface area contributed by atoms with Crippen LogP contribution in [0.4, 0.5) is 0 Å². The van der Waals surface area contributed by atoms with E-state index in [1.807, 2.05) is 12.1 Å². The van der Waals surface area contributed by atoms with Gasteiger partial charge in [-0.1, -0.05) is 0 Å². The summed E-state index contributed by atoms with van der Waals surface area (Å²) < 4.78 is 4.97. The fraction of sp³-hybridized carbons (Fsp3) is 0.300. The number of rotatable bonds is 3. The first-order valence-electron chi connectivity index (χ1n) is 3.79. The molecule has 0 spiro atoms. The molecule has 2 heteroatoms. The summed E-state index contributed by atoms with van der Waals surface area (Å²) in [6, 6.07) is 3.81. The first kappa shape index (κ1) is 8.61. The third kappa shape index (κ3) is 2.28. The van der Waals surface area contributed by atoms with Crippen molar-refractivity contribution in [3.63, 3.8) is 0 Å². The summed E-state index contributed by atoms with van der Waals surface area (Å²) >= 11 is 0. The molecule has 0 fully saturated rings. The highest BCUT2D eigenvalue weighted by molar-refractivity contribution is 5.19. The van der Waals surface area contributed by atoms with Gasteiger partial charge in [-0.2, -0.15) is 0 Å². The van der Waals surface area contributed by atoms with E-state index in [0.29, 0.717) is 0 Å². The predicted octanol–water partition coefficient (Wildman–Crippen LogP) is 1.66. The van der Waals surface area contributed by atoms with E-state index in [1.165, 1.54) is 0 Å². The van der Waals surface area contributed by atoms with E-state index in [9.17, 15) is 0 Å². The first-order valence-corrected chi connectivity index (χ1v) is 3.79. The van der Waals surface area contributed by atoms with Crippen LogP contribution in [-0.2, 0) is 6.42 Å². The second kappa shape index (κ2) is 4.40. The Kier molecular flexibility index (Phi) is 3.16. The molecule has 0 radical (unpaired) electrons. The van der Waals surface area contributed by atoms with Crippen LogP contribution in [0.5, 0.6) is 5.75 Å². The van der Waals surface area contributed by atoms with Crippen molar-refractivity contribution in [2.24, 2.45) is 0 Å². The molecule has 0 bridgehead atoms. The van der Waals surface area contributed by atoms with Crippen molar-refractivity contribution < 1.29 is 4.74 Å². The molecule has 1 rings (SSSR count). The molecule has 1 heterocycles. The highest BCUT2D eigenvalue weighted by atomic mass is 16.5. The quantitative estimate of drug-likeness (QED) is 0.629. The number of hydrogen-bond acceptors (Lipinski definition) is 2. The van der Waals surface area contributed by atoms with Crippen LogP contribution in [0.25, 0.3) is 0 Å². The van der Waals surface area contributed by atoms with Gasteiger partial charge in [-0.25, -0.2) is 0 Å². The smallest absolute Gasteiger partial charge is 0.137 e. The Morgan fingerprint density at radius 2 is 2.42 bits per heavy atom. The molecule has 0 aliphatic rings. The van der Waals surface area contributed by atoms with Crippen LogP contribution in [0.1, 0.15) is 12.1 Å². The van der Waals surface area contributed by atoms with Crippen molar-refractivity contribution in [2.45, 2.75) is 12.8 Å². The van der Waals surface area contributed by atoms with E-state index in [2.05, 4.69) is 10.9 Å². The van der Waals surface area contributed by atoms with Crippen molar-refractivity contribution in [2.75, 3.05) is 7.11 Å². The van der Waals surface area contributed by atoms with Crippen LogP contribution in [0.15, 0.2) is 18.3 Å². The SMILES string of the molecule is C#CCCc1ccc(OC)cn1. The summed E-state index contributed by atoms with van der Waals surface area (Å²) in [5.41, 5.74) is 1.01. The Morgan fingerprint density at radius 1 is 1.58 bits per heavy atom. The topological polar surface area (TPSA) is 22.1 Å². The molecule has 0 aliphatic heterocycles. The summed E-state index contributed by atoms with van der Waals surface area (Å²) in [6.45, 7) is 0. The van der Waals surface area contributed by atoms with Gasteiger partial charge in [-0.3, -0.25) is 4.98 Å². The Bertz CT molecular complexity index is 271. The fourth-order valence-electron chi connectivity index (χ4n) is 0.880. The highest BCUT2D eigenvalue weighted by Crippen LogP contribution is 2.08. The average molecular weight is 161 g/mol. The molecule has 0 atom stereocenters. The maximum Gasteiger partial charge on any atom is 0.137 e. The van der Waals surface area contributed by atoms with E-state index >= 15 is 0 Å². The molecule has 0 saturated heterocycles. The van der Waals surface area contributed by atoms with Crippen molar-refractivity contribution in [1.29, 1.82) is 0 Å². The zero-order valence-electron chi connectivity index (χ0n) is 7.08. The Balaban J connectivity index is 2.60. The molecule has 0 N–H and O–H groups in total. The predicted molar refractivity (Wildman–Crippen MR) is 47.9 cm³/mol. The van der Waals surface area contributed by atoms with Crippen molar-refractivity contribution in [3.8, 4) is 18.1 Å². The monoisotopic (exact) mass is 161 g/mol. The maximum atomic E-state index is 5.13. The molecule has 0 unspecified atom stereocenters. The van der Waals surface area contributed by atoms with Gasteiger partial charge in [0.1, 0.15) is 5.75 Å². The minimum absolute atomic E-state index is 0.735. The number of pyridine rings is 1. The summed E-state index contributed by atoms with van der Waals surface area (Å²) in [4.78, 5) is 4.17. The third-order valence-corrected chi connectivity index (χ3v) is 1.56. The van der Waals surface area contributed by atoms with Crippen LogP contribution in [0, 0.1) is 12.3 Å². The minimum Gasteiger partial charge on any atom is -0.495 e. The average Bonchev–Trinajstić information content (AvgIpc) is 2.15. The lowest BCUT2D eigenvalue weighted by Gasteiger charge is -1.99. The maximum absolute atomic E-state index is 5.13. The molecule has 0 amide bonds. The van der Waals surface area contributed by atoms with Crippen LogP contribution in [-0.4, -0.2) is 12.1 Å². The molecule has 1 aromatic rings. The number of terminal acetylenes is 1. The molecule has 1 aromatic heterocycles. The number of aromatic nitrogens is 1. The highest BCUT2D eigenvalue weighted by Gasteiger charge is 1.93. The zero-order valence-corrected chi connectivity index (χ0v) is 7.08. The summed E-state index contributed by atoms with van der Waals surface area (Å²) in [7, 11) is 1.62. The molecular formula is C10H11NO. The number of nitrogens with zero attached hydrogens (tertiary/aromatic N) is 1. The second-order valence-corrected chi connectivity index (χ2v) is 2.39. The summed E-state index contributed by atoms with van der Waals surface area (Å²) in [6.07, 6.45) is 8.40. The number of ether oxygens (including phenoxy) is 1. The van der Waals surface area contributed by atoms with Gasteiger partial charge in [0.25, 0.3) is 0 Å². The van der Waals surface area contributed by atoms with Crippen LogP contribution in [0.2, 0.25) is 0 Å². The van der Waals surface area contributed by atoms with Gasteiger partial charge in [-0.15, -0.1) is 12.3 Å². The van der Waals surface area contributed by atoms with Gasteiger partial charge < -0.3 is 4.74 Å². The minimum atomic E-state index is 0.735. The van der Waals surface area contributed by atoms with E-state index in [-0.39, 0.29) is 0 Å². The molecule has 12 heavy (non-hydrogen) atoms. The van der Waals surface area contributed by atoms with Crippen molar-refractivity contribution in [1.82, 2.24) is 4.98 Å². The van der Waals surface area contributed by atoms with E-state index < -0.39 is 0 Å². The fourth-order valence-corrected chi connectivity index (χ4v) is 0.880. The van der Waals surface area contributed by atoms with E-state index in [1.54, 1.807) is 13.3 Å². The summed E-state index contributed by atoms with van der Waals surface area (Å²) in [5.74, 6) is 3.35. The number of methoxy groups -OCH3 is 1. The molecule has 0 aliphatic carbocycles. The van der Waals surface area contributed by atoms with Crippen molar-refractivity contribution >= 4 is 0 Å². The van der Waals surface area contributed by atoms with E-state index in [0.717, 1.165) is 24.3 Å². The summed E-state index contributed by atoms with van der Waals surface area (Å²) in [5, 5.41) is 0. The Hall–Kier alpha value is -1.49. The lowest BCUT2D eigenvalue weighted by Crippen LogP contribution is -1.90. The molecular weight excluding hydrogens is 150 g/mol. The standard InChI is InChI=1S/C10H11NO/c1-3-4-5-9-6-7-10(12-2)8-11-9/h1,6-8H,4-5H2,2H3. The zero-order chi connectivity index (χ0) is 8.81. The molecule has 62 valence electrons. The van der Waals surface area contributed by atoms with Gasteiger partial charge in [-0.05, 0) is 12.1 Å². The van der Waals surface area contributed by atoms with Gasteiger partial charge in [0, 0.05) is 18.5 Å². The third-order valence-electron chi connectivity index (χ3n) is 1.56. The lowest BCUT2D eigenvalue weighted by atomic mass is 10.2. The van der Waals surface area contributed by atoms with Gasteiger partial charge in [0.2, 0.25) is 0 Å². The molecule has 0 aromatic carbocycles. The number of hydrogen-bond donors (Lipinski definition) is 0. The Labute approximate surface area is 72.6 Å². The first-order chi connectivity index (χ1) is 5.86. The second-order valence-electron chi connectivity index (χ2n) is 2.39. The van der Waals surface area contributed by atoms with Crippen LogP contribution < -0.4 is 4.74 Å². The van der Waals surface area contributed by atoms with E-state index in [4.69, 9.17) is 11.2 Å². The normalized spacial score (nSPS) is 9.00. The Morgan fingerprint density at radius 3 is 2.92 bits per heavy atom. The largest absolute Gasteiger partial charge is 0.495 e. The van der Waals surface area contributed by atoms with Gasteiger partial charge in [0.15, 0.2) is 0 Å². The van der Waals surface area contributed by atoms with Gasteiger partial charge in [0.05, 0.1) is 13.3 Å². The van der Waals surface area contributed by atoms with Crippen LogP contribution >= 0.6 is 0 Å². The van der Waals surface area contributed by atoms with Gasteiger partial charge >= 0.3 is 0 Å². The van der Waals surface area contributed by atoms with Crippen molar-refractivity contribution in [3.05, 3.63) is 24.0 Å². The van der Waals surface area contributed by atoms with Crippen LogP contribution in [0.3, 0.4) is 0 Å². The lowest BCUT2D eigenvalue weighted by molar-refractivity contribution is 0.412.